The molecule has 2 aromatic heterocycles. The van der Waals surface area contributed by atoms with E-state index in [2.05, 4.69) is 34.3 Å². The quantitative estimate of drug-likeness (QED) is 0.804. The normalized spacial score (nSPS) is 19.7. The first-order valence-electron chi connectivity index (χ1n) is 10.1. The summed E-state index contributed by atoms with van der Waals surface area (Å²) in [5.41, 5.74) is 4.05. The predicted molar refractivity (Wildman–Crippen MR) is 112 cm³/mol. The number of hydrogen-bond donors (Lipinski definition) is 1. The van der Waals surface area contributed by atoms with Crippen molar-refractivity contribution < 1.29 is 9.53 Å². The molecule has 6 nitrogen and oxygen atoms in total. The zero-order valence-corrected chi connectivity index (χ0v) is 17.6. The number of rotatable bonds is 6. The van der Waals surface area contributed by atoms with Gasteiger partial charge < -0.3 is 15.0 Å². The first-order valence-corrected chi connectivity index (χ1v) is 10.9. The molecule has 2 aliphatic rings. The number of aromatic nitrogens is 2. The Labute approximate surface area is 170 Å². The van der Waals surface area contributed by atoms with Crippen molar-refractivity contribution in [1.29, 1.82) is 0 Å². The molecule has 2 fully saturated rings. The van der Waals surface area contributed by atoms with Gasteiger partial charge in [0.25, 0.3) is 0 Å². The third-order valence-corrected chi connectivity index (χ3v) is 6.37. The summed E-state index contributed by atoms with van der Waals surface area (Å²) < 4.78 is 5.67. The summed E-state index contributed by atoms with van der Waals surface area (Å²) in [5, 5.41) is 4.08. The molecular formula is C21H28N4O2S. The van der Waals surface area contributed by atoms with E-state index in [1.807, 2.05) is 13.8 Å². The number of carbonyl (C=O) groups is 1. The van der Waals surface area contributed by atoms with E-state index in [-0.39, 0.29) is 12.0 Å². The van der Waals surface area contributed by atoms with Crippen LogP contribution in [-0.4, -0.2) is 41.7 Å². The molecular weight excluding hydrogens is 372 g/mol. The summed E-state index contributed by atoms with van der Waals surface area (Å²) >= 11 is 1.70. The van der Waals surface area contributed by atoms with Crippen LogP contribution in [-0.2, 0) is 16.1 Å². The zero-order chi connectivity index (χ0) is 19.7. The molecule has 0 bridgehead atoms. The number of aryl methyl sites for hydroxylation is 2. The van der Waals surface area contributed by atoms with Gasteiger partial charge in [0, 0.05) is 30.9 Å². The van der Waals surface area contributed by atoms with Crippen LogP contribution < -0.4 is 10.2 Å². The van der Waals surface area contributed by atoms with Gasteiger partial charge in [-0.25, -0.2) is 4.98 Å². The van der Waals surface area contributed by atoms with E-state index in [1.165, 1.54) is 12.8 Å². The Hall–Kier alpha value is -1.99. The van der Waals surface area contributed by atoms with Gasteiger partial charge in [-0.3, -0.25) is 9.78 Å². The average Bonchev–Trinajstić information content (AvgIpc) is 3.34. The molecule has 1 saturated carbocycles. The second-order valence-electron chi connectivity index (χ2n) is 7.96. The van der Waals surface area contributed by atoms with E-state index < -0.39 is 0 Å². The summed E-state index contributed by atoms with van der Waals surface area (Å²) in [6.07, 6.45) is 3.21. The van der Waals surface area contributed by atoms with Gasteiger partial charge in [0.2, 0.25) is 5.91 Å². The minimum atomic E-state index is 0.130. The molecule has 0 spiro atoms. The van der Waals surface area contributed by atoms with Gasteiger partial charge in [-0.05, 0) is 57.2 Å². The fourth-order valence-corrected chi connectivity index (χ4v) is 4.72. The Balaban J connectivity index is 1.60. The largest absolute Gasteiger partial charge is 0.375 e. The fourth-order valence-electron chi connectivity index (χ4n) is 3.62. The highest BCUT2D eigenvalue weighted by molar-refractivity contribution is 7.19. The lowest BCUT2D eigenvalue weighted by Crippen LogP contribution is -2.41. The Bertz CT molecular complexity index is 842. The number of nitrogens with zero attached hydrogens (tertiary/aromatic N) is 3. The molecule has 1 atom stereocenters. The molecule has 28 heavy (non-hydrogen) atoms. The molecule has 1 amide bonds. The number of carbonyl (C=O) groups excluding carboxylic acids is 1. The van der Waals surface area contributed by atoms with Crippen molar-refractivity contribution in [3.63, 3.8) is 0 Å². The van der Waals surface area contributed by atoms with Crippen LogP contribution in [0.15, 0.2) is 12.1 Å². The van der Waals surface area contributed by atoms with E-state index >= 15 is 0 Å². The molecule has 7 heteroatoms. The molecule has 1 saturated heterocycles. The maximum absolute atomic E-state index is 12.2. The standard InChI is InChI=1S/C21H28N4O2S/c1-13-8-17(9-14(2)23-13)20-18(11-22-19(26)10-16-4-5-16)24-21(28-20)25-6-7-27-15(3)12-25/h8-9,15-16H,4-7,10-12H2,1-3H3,(H,22,26)/t15-/m1/s1. The smallest absolute Gasteiger partial charge is 0.220 e. The van der Waals surface area contributed by atoms with Gasteiger partial charge >= 0.3 is 0 Å². The minimum Gasteiger partial charge on any atom is -0.375 e. The highest BCUT2D eigenvalue weighted by Crippen LogP contribution is 2.36. The summed E-state index contributed by atoms with van der Waals surface area (Å²) in [6.45, 7) is 9.00. The van der Waals surface area contributed by atoms with Gasteiger partial charge in [-0.2, -0.15) is 0 Å². The van der Waals surface area contributed by atoms with Crippen molar-refractivity contribution in [2.45, 2.75) is 52.7 Å². The second kappa shape index (κ2) is 8.17. The Morgan fingerprint density at radius 2 is 2.04 bits per heavy atom. The van der Waals surface area contributed by atoms with Gasteiger partial charge in [0.1, 0.15) is 0 Å². The number of ether oxygens (including phenoxy) is 1. The van der Waals surface area contributed by atoms with Crippen molar-refractivity contribution >= 4 is 22.4 Å². The van der Waals surface area contributed by atoms with Gasteiger partial charge in [0.05, 0.1) is 29.8 Å². The van der Waals surface area contributed by atoms with Crippen molar-refractivity contribution in [3.05, 3.63) is 29.2 Å². The molecule has 0 aromatic carbocycles. The third-order valence-electron chi connectivity index (χ3n) is 5.17. The highest BCUT2D eigenvalue weighted by atomic mass is 32.1. The van der Waals surface area contributed by atoms with Gasteiger partial charge in [-0.1, -0.05) is 11.3 Å². The van der Waals surface area contributed by atoms with E-state index in [9.17, 15) is 4.79 Å². The molecule has 0 unspecified atom stereocenters. The number of anilines is 1. The van der Waals surface area contributed by atoms with E-state index in [0.29, 0.717) is 18.9 Å². The Morgan fingerprint density at radius 1 is 1.29 bits per heavy atom. The highest BCUT2D eigenvalue weighted by Gasteiger charge is 2.25. The maximum atomic E-state index is 12.2. The number of pyridine rings is 1. The van der Waals surface area contributed by atoms with Crippen molar-refractivity contribution in [1.82, 2.24) is 15.3 Å². The SMILES string of the molecule is Cc1cc(-c2sc(N3CCO[C@H](C)C3)nc2CNC(=O)CC2CC2)cc(C)n1. The number of morpholine rings is 1. The molecule has 1 aliphatic carbocycles. The summed E-state index contributed by atoms with van der Waals surface area (Å²) in [7, 11) is 0. The first-order chi connectivity index (χ1) is 13.5. The van der Waals surface area contributed by atoms with Crippen molar-refractivity contribution in [2.24, 2.45) is 5.92 Å². The van der Waals surface area contributed by atoms with Gasteiger partial charge in [0.15, 0.2) is 5.13 Å². The molecule has 1 N–H and O–H groups in total. The van der Waals surface area contributed by atoms with Crippen molar-refractivity contribution in [2.75, 3.05) is 24.6 Å². The predicted octanol–water partition coefficient (Wildman–Crippen LogP) is 3.46. The van der Waals surface area contributed by atoms with Crippen LogP contribution in [0, 0.1) is 19.8 Å². The lowest BCUT2D eigenvalue weighted by molar-refractivity contribution is -0.121. The van der Waals surface area contributed by atoms with Crippen molar-refractivity contribution in [3.8, 4) is 10.4 Å². The minimum absolute atomic E-state index is 0.130. The molecule has 4 rings (SSSR count). The molecule has 1 aliphatic heterocycles. The lowest BCUT2D eigenvalue weighted by atomic mass is 10.1. The van der Waals surface area contributed by atoms with E-state index in [1.54, 1.807) is 11.3 Å². The molecule has 150 valence electrons. The molecule has 2 aromatic rings. The molecule has 0 radical (unpaired) electrons. The first kappa shape index (κ1) is 19.3. The monoisotopic (exact) mass is 400 g/mol. The second-order valence-corrected chi connectivity index (χ2v) is 8.94. The van der Waals surface area contributed by atoms with E-state index in [4.69, 9.17) is 9.72 Å². The maximum Gasteiger partial charge on any atom is 0.220 e. The van der Waals surface area contributed by atoms with Crippen LogP contribution in [0.3, 0.4) is 0 Å². The van der Waals surface area contributed by atoms with Crippen LogP contribution in [0.2, 0.25) is 0 Å². The van der Waals surface area contributed by atoms with Crippen LogP contribution in [0.4, 0.5) is 5.13 Å². The Morgan fingerprint density at radius 3 is 2.71 bits per heavy atom. The van der Waals surface area contributed by atoms with Crippen LogP contribution in [0.1, 0.15) is 43.3 Å². The average molecular weight is 401 g/mol. The topological polar surface area (TPSA) is 67.3 Å². The Kier molecular flexibility index (Phi) is 5.64. The molecule has 3 heterocycles. The summed E-state index contributed by atoms with van der Waals surface area (Å²) in [6, 6.07) is 4.20. The number of hydrogen-bond acceptors (Lipinski definition) is 6. The summed E-state index contributed by atoms with van der Waals surface area (Å²) in [4.78, 5) is 25.0. The van der Waals surface area contributed by atoms with E-state index in [0.717, 1.165) is 52.4 Å². The number of nitrogens with one attached hydrogen (secondary N) is 1. The van der Waals surface area contributed by atoms with Crippen LogP contribution in [0.5, 0.6) is 0 Å². The fraction of sp³-hybridized carbons (Fsp3) is 0.571. The van der Waals surface area contributed by atoms with Crippen LogP contribution >= 0.6 is 11.3 Å². The van der Waals surface area contributed by atoms with Gasteiger partial charge in [-0.15, -0.1) is 0 Å². The number of thiazole rings is 1. The number of amides is 1. The lowest BCUT2D eigenvalue weighted by Gasteiger charge is -2.30. The van der Waals surface area contributed by atoms with Crippen LogP contribution in [0.25, 0.3) is 10.4 Å². The summed E-state index contributed by atoms with van der Waals surface area (Å²) in [5.74, 6) is 0.718. The zero-order valence-electron chi connectivity index (χ0n) is 16.8. The third kappa shape index (κ3) is 4.70.